The SMILES string of the molecule is COc1ccc(/C=C(\Sc2nnc(C)o2)C(=O)O)cc1I. The summed E-state index contributed by atoms with van der Waals surface area (Å²) in [4.78, 5) is 11.4. The van der Waals surface area contributed by atoms with Crippen LogP contribution in [-0.4, -0.2) is 28.4 Å². The average molecular weight is 418 g/mol. The number of aliphatic carboxylic acids is 1. The molecule has 0 aliphatic heterocycles. The predicted molar refractivity (Wildman–Crippen MR) is 86.2 cm³/mol. The van der Waals surface area contributed by atoms with Crippen molar-refractivity contribution >= 4 is 46.4 Å². The van der Waals surface area contributed by atoms with Crippen LogP contribution in [-0.2, 0) is 4.79 Å². The molecule has 0 bridgehead atoms. The third-order valence-corrected chi connectivity index (χ3v) is 4.08. The molecule has 0 aliphatic rings. The number of methoxy groups -OCH3 is 1. The fourth-order valence-electron chi connectivity index (χ4n) is 1.47. The molecule has 0 aliphatic carbocycles. The van der Waals surface area contributed by atoms with Crippen LogP contribution in [0.5, 0.6) is 5.75 Å². The van der Waals surface area contributed by atoms with E-state index in [4.69, 9.17) is 9.15 Å². The molecule has 0 fully saturated rings. The summed E-state index contributed by atoms with van der Waals surface area (Å²) in [5.74, 6) is 0.0766. The number of ether oxygens (including phenoxy) is 1. The van der Waals surface area contributed by atoms with E-state index < -0.39 is 5.97 Å². The topological polar surface area (TPSA) is 85.5 Å². The van der Waals surface area contributed by atoms with Crippen molar-refractivity contribution in [1.29, 1.82) is 0 Å². The first-order chi connectivity index (χ1) is 9.99. The predicted octanol–water partition coefficient (Wildman–Crippen LogP) is 3.21. The fraction of sp³-hybridized carbons (Fsp3) is 0.154. The second kappa shape index (κ2) is 6.94. The quantitative estimate of drug-likeness (QED) is 0.454. The Morgan fingerprint density at radius 3 is 2.76 bits per heavy atom. The monoisotopic (exact) mass is 418 g/mol. The molecule has 8 heteroatoms. The Morgan fingerprint density at radius 2 is 2.24 bits per heavy atom. The van der Waals surface area contributed by atoms with Gasteiger partial charge in [0.25, 0.3) is 5.22 Å². The lowest BCUT2D eigenvalue weighted by molar-refractivity contribution is -0.131. The van der Waals surface area contributed by atoms with E-state index in [9.17, 15) is 9.90 Å². The Balaban J connectivity index is 2.29. The smallest absolute Gasteiger partial charge is 0.342 e. The number of hydrogen-bond donors (Lipinski definition) is 1. The van der Waals surface area contributed by atoms with Gasteiger partial charge in [-0.25, -0.2) is 4.79 Å². The molecule has 0 unspecified atom stereocenters. The van der Waals surface area contributed by atoms with Crippen LogP contribution in [0.1, 0.15) is 11.5 Å². The van der Waals surface area contributed by atoms with Crippen molar-refractivity contribution in [3.8, 4) is 5.75 Å². The summed E-state index contributed by atoms with van der Waals surface area (Å²) < 4.78 is 11.2. The van der Waals surface area contributed by atoms with Gasteiger partial charge in [0, 0.05) is 6.92 Å². The Morgan fingerprint density at radius 1 is 1.48 bits per heavy atom. The summed E-state index contributed by atoms with van der Waals surface area (Å²) in [6.45, 7) is 1.65. The summed E-state index contributed by atoms with van der Waals surface area (Å²) in [6, 6.07) is 5.40. The Kier molecular flexibility index (Phi) is 5.23. The first-order valence-corrected chi connectivity index (χ1v) is 7.65. The van der Waals surface area contributed by atoms with Crippen LogP contribution in [0.3, 0.4) is 0 Å². The molecule has 2 aromatic rings. The molecule has 21 heavy (non-hydrogen) atoms. The summed E-state index contributed by atoms with van der Waals surface area (Å²) in [7, 11) is 1.59. The van der Waals surface area contributed by atoms with Gasteiger partial charge in [0.05, 0.1) is 10.7 Å². The van der Waals surface area contributed by atoms with Gasteiger partial charge < -0.3 is 14.3 Å². The van der Waals surface area contributed by atoms with Gasteiger partial charge in [0.2, 0.25) is 5.89 Å². The highest BCUT2D eigenvalue weighted by Crippen LogP contribution is 2.29. The third kappa shape index (κ3) is 4.21. The van der Waals surface area contributed by atoms with Gasteiger partial charge in [0.15, 0.2) is 0 Å². The molecule has 1 N–H and O–H groups in total. The molecular formula is C13H11IN2O4S. The minimum atomic E-state index is -1.05. The molecule has 1 aromatic heterocycles. The van der Waals surface area contributed by atoms with E-state index in [1.165, 1.54) is 0 Å². The highest BCUT2D eigenvalue weighted by atomic mass is 127. The lowest BCUT2D eigenvalue weighted by atomic mass is 10.2. The van der Waals surface area contributed by atoms with Crippen LogP contribution in [0.15, 0.2) is 32.7 Å². The molecule has 2 rings (SSSR count). The fourth-order valence-corrected chi connectivity index (χ4v) is 2.95. The van der Waals surface area contributed by atoms with Crippen LogP contribution in [0.4, 0.5) is 0 Å². The number of carboxylic acids is 1. The Labute approximate surface area is 138 Å². The van der Waals surface area contributed by atoms with E-state index in [1.807, 2.05) is 6.07 Å². The molecule has 0 radical (unpaired) electrons. The maximum atomic E-state index is 11.3. The lowest BCUT2D eigenvalue weighted by Crippen LogP contribution is -1.97. The molecule has 0 amide bonds. The van der Waals surface area contributed by atoms with E-state index in [-0.39, 0.29) is 10.1 Å². The minimum absolute atomic E-state index is 0.0969. The normalized spacial score (nSPS) is 11.5. The number of halogens is 1. The zero-order valence-corrected chi connectivity index (χ0v) is 14.1. The molecule has 6 nitrogen and oxygen atoms in total. The number of thioether (sulfide) groups is 1. The molecule has 1 heterocycles. The molecule has 0 saturated carbocycles. The molecule has 0 atom stereocenters. The zero-order valence-electron chi connectivity index (χ0n) is 11.2. The minimum Gasteiger partial charge on any atom is -0.496 e. The number of carbonyl (C=O) groups is 1. The van der Waals surface area contributed by atoms with Crippen molar-refractivity contribution in [2.75, 3.05) is 7.11 Å². The Bertz CT molecular complexity index is 699. The molecule has 0 saturated heterocycles. The van der Waals surface area contributed by atoms with Crippen LogP contribution in [0, 0.1) is 10.5 Å². The van der Waals surface area contributed by atoms with Gasteiger partial charge in [-0.05, 0) is 58.1 Å². The van der Waals surface area contributed by atoms with Crippen molar-refractivity contribution in [2.45, 2.75) is 12.1 Å². The van der Waals surface area contributed by atoms with E-state index in [0.29, 0.717) is 5.89 Å². The maximum Gasteiger partial charge on any atom is 0.342 e. The van der Waals surface area contributed by atoms with Crippen LogP contribution < -0.4 is 4.74 Å². The summed E-state index contributed by atoms with van der Waals surface area (Å²) >= 11 is 3.04. The number of hydrogen-bond acceptors (Lipinski definition) is 6. The van der Waals surface area contributed by atoms with E-state index in [1.54, 1.807) is 32.2 Å². The van der Waals surface area contributed by atoms with E-state index in [0.717, 1.165) is 26.6 Å². The van der Waals surface area contributed by atoms with Gasteiger partial charge in [-0.1, -0.05) is 6.07 Å². The van der Waals surface area contributed by atoms with Crippen molar-refractivity contribution in [3.63, 3.8) is 0 Å². The number of aromatic nitrogens is 2. The number of carboxylic acid groups (broad SMARTS) is 1. The van der Waals surface area contributed by atoms with Crippen molar-refractivity contribution in [1.82, 2.24) is 10.2 Å². The van der Waals surface area contributed by atoms with E-state index >= 15 is 0 Å². The summed E-state index contributed by atoms with van der Waals surface area (Å²) in [5, 5.41) is 16.9. The highest BCUT2D eigenvalue weighted by molar-refractivity contribution is 14.1. The van der Waals surface area contributed by atoms with Crippen molar-refractivity contribution in [3.05, 3.63) is 38.1 Å². The molecule has 110 valence electrons. The first-order valence-electron chi connectivity index (χ1n) is 5.76. The van der Waals surface area contributed by atoms with Gasteiger partial charge in [-0.2, -0.15) is 0 Å². The maximum absolute atomic E-state index is 11.3. The number of aryl methyl sites for hydroxylation is 1. The van der Waals surface area contributed by atoms with Crippen molar-refractivity contribution in [2.24, 2.45) is 0 Å². The summed E-state index contributed by atoms with van der Waals surface area (Å²) in [5.41, 5.74) is 0.751. The van der Waals surface area contributed by atoms with Gasteiger partial charge in [-0.3, -0.25) is 0 Å². The second-order valence-electron chi connectivity index (χ2n) is 3.90. The largest absolute Gasteiger partial charge is 0.496 e. The zero-order chi connectivity index (χ0) is 15.4. The van der Waals surface area contributed by atoms with Gasteiger partial charge in [-0.15, -0.1) is 10.2 Å². The number of nitrogens with zero attached hydrogens (tertiary/aromatic N) is 2. The van der Waals surface area contributed by atoms with Gasteiger partial charge >= 0.3 is 5.97 Å². The van der Waals surface area contributed by atoms with Crippen LogP contribution in [0.25, 0.3) is 6.08 Å². The van der Waals surface area contributed by atoms with E-state index in [2.05, 4.69) is 32.8 Å². The van der Waals surface area contributed by atoms with Gasteiger partial charge in [0.1, 0.15) is 10.7 Å². The first kappa shape index (κ1) is 15.8. The molecule has 0 spiro atoms. The standard InChI is InChI=1S/C13H11IN2O4S/c1-7-15-16-13(20-7)21-11(12(17)18)6-8-3-4-10(19-2)9(14)5-8/h3-6H,1-2H3,(H,17,18)/b11-6-. The number of benzene rings is 1. The van der Waals surface area contributed by atoms with Crippen LogP contribution >= 0.6 is 34.4 Å². The summed E-state index contributed by atoms with van der Waals surface area (Å²) in [6.07, 6.45) is 1.55. The average Bonchev–Trinajstić information content (AvgIpc) is 2.83. The Hall–Kier alpha value is -1.55. The lowest BCUT2D eigenvalue weighted by Gasteiger charge is -2.04. The third-order valence-electron chi connectivity index (χ3n) is 2.39. The highest BCUT2D eigenvalue weighted by Gasteiger charge is 2.14. The number of rotatable bonds is 5. The molecular weight excluding hydrogens is 407 g/mol. The van der Waals surface area contributed by atoms with Crippen molar-refractivity contribution < 1.29 is 19.1 Å². The molecule has 1 aromatic carbocycles. The second-order valence-corrected chi connectivity index (χ2v) is 6.05. The van der Waals surface area contributed by atoms with Crippen LogP contribution in [0.2, 0.25) is 0 Å².